The van der Waals surface area contributed by atoms with Crippen molar-refractivity contribution in [2.45, 2.75) is 40.0 Å². The Hall–Kier alpha value is -1.16. The maximum atomic E-state index is 4.76. The Bertz CT molecular complexity index is 586. The molecule has 0 unspecified atom stereocenters. The van der Waals surface area contributed by atoms with Gasteiger partial charge in [0, 0.05) is 23.3 Å². The molecule has 1 aliphatic carbocycles. The van der Waals surface area contributed by atoms with Gasteiger partial charge in [-0.1, -0.05) is 6.92 Å². The summed E-state index contributed by atoms with van der Waals surface area (Å²) in [6.07, 6.45) is 3.94. The first-order chi connectivity index (χ1) is 9.19. The van der Waals surface area contributed by atoms with Gasteiger partial charge in [0.1, 0.15) is 11.6 Å². The van der Waals surface area contributed by atoms with Gasteiger partial charge in [0.25, 0.3) is 0 Å². The smallest absolute Gasteiger partial charge is 0.141 e. The van der Waals surface area contributed by atoms with Gasteiger partial charge in [-0.15, -0.1) is 11.3 Å². The number of aryl methyl sites for hydroxylation is 2. The van der Waals surface area contributed by atoms with Crippen molar-refractivity contribution in [2.75, 3.05) is 18.0 Å². The van der Waals surface area contributed by atoms with Crippen LogP contribution >= 0.6 is 11.3 Å². The standard InChI is InChI=1S/C15H21N3S/c1-4-7-18(8-12-5-6-12)15-14-10(2)19-9-13(14)16-11(3)17-15/h9,12H,4-8H2,1-3H3. The normalized spacial score (nSPS) is 15.1. The second-order valence-corrected chi connectivity index (χ2v) is 6.62. The summed E-state index contributed by atoms with van der Waals surface area (Å²) in [6.45, 7) is 8.67. The van der Waals surface area contributed by atoms with E-state index < -0.39 is 0 Å². The van der Waals surface area contributed by atoms with Crippen molar-refractivity contribution in [2.24, 2.45) is 5.92 Å². The van der Waals surface area contributed by atoms with Crippen molar-refractivity contribution in [3.05, 3.63) is 16.1 Å². The highest BCUT2D eigenvalue weighted by Crippen LogP contribution is 2.35. The van der Waals surface area contributed by atoms with Crippen LogP contribution in [0, 0.1) is 19.8 Å². The molecule has 0 bridgehead atoms. The second kappa shape index (κ2) is 5.08. The third kappa shape index (κ3) is 2.59. The van der Waals surface area contributed by atoms with Gasteiger partial charge in [-0.2, -0.15) is 0 Å². The van der Waals surface area contributed by atoms with E-state index in [0.717, 1.165) is 36.2 Å². The van der Waals surface area contributed by atoms with Gasteiger partial charge in [0.2, 0.25) is 0 Å². The quantitative estimate of drug-likeness (QED) is 0.827. The third-order valence-corrected chi connectivity index (χ3v) is 4.60. The highest BCUT2D eigenvalue weighted by atomic mass is 32.1. The molecule has 0 radical (unpaired) electrons. The molecule has 0 saturated heterocycles. The van der Waals surface area contributed by atoms with Gasteiger partial charge in [0.15, 0.2) is 0 Å². The molecule has 1 saturated carbocycles. The fourth-order valence-corrected chi connectivity index (χ4v) is 3.37. The average Bonchev–Trinajstić information content (AvgIpc) is 3.12. The van der Waals surface area contributed by atoms with Crippen LogP contribution in [0.15, 0.2) is 5.38 Å². The summed E-state index contributed by atoms with van der Waals surface area (Å²) in [4.78, 5) is 13.1. The summed E-state index contributed by atoms with van der Waals surface area (Å²) >= 11 is 1.78. The summed E-state index contributed by atoms with van der Waals surface area (Å²) in [5.74, 6) is 2.93. The molecular weight excluding hydrogens is 254 g/mol. The summed E-state index contributed by atoms with van der Waals surface area (Å²) in [7, 11) is 0. The van der Waals surface area contributed by atoms with Crippen LogP contribution in [0.5, 0.6) is 0 Å². The minimum atomic E-state index is 0.885. The van der Waals surface area contributed by atoms with Crippen molar-refractivity contribution in [1.29, 1.82) is 0 Å². The molecule has 0 N–H and O–H groups in total. The van der Waals surface area contributed by atoms with E-state index in [1.807, 2.05) is 6.92 Å². The lowest BCUT2D eigenvalue weighted by atomic mass is 10.2. The molecule has 2 heterocycles. The van der Waals surface area contributed by atoms with E-state index in [9.17, 15) is 0 Å². The van der Waals surface area contributed by atoms with Crippen LogP contribution in [0.25, 0.3) is 10.9 Å². The molecule has 19 heavy (non-hydrogen) atoms. The number of aromatic nitrogens is 2. The van der Waals surface area contributed by atoms with Crippen molar-refractivity contribution >= 4 is 28.1 Å². The van der Waals surface area contributed by atoms with E-state index in [2.05, 4.69) is 29.1 Å². The molecule has 4 heteroatoms. The lowest BCUT2D eigenvalue weighted by molar-refractivity contribution is 0.699. The molecule has 1 fully saturated rings. The van der Waals surface area contributed by atoms with E-state index in [-0.39, 0.29) is 0 Å². The number of nitrogens with zero attached hydrogens (tertiary/aromatic N) is 3. The van der Waals surface area contributed by atoms with Gasteiger partial charge < -0.3 is 4.90 Å². The van der Waals surface area contributed by atoms with Crippen LogP contribution in [0.4, 0.5) is 5.82 Å². The monoisotopic (exact) mass is 275 g/mol. The van der Waals surface area contributed by atoms with Gasteiger partial charge in [-0.05, 0) is 39.0 Å². The average molecular weight is 275 g/mol. The SMILES string of the molecule is CCCN(CC1CC1)c1nc(C)nc2csc(C)c12. The lowest BCUT2D eigenvalue weighted by Gasteiger charge is -2.24. The molecule has 0 amide bonds. The van der Waals surface area contributed by atoms with Crippen molar-refractivity contribution < 1.29 is 0 Å². The second-order valence-electron chi connectivity index (χ2n) is 5.54. The van der Waals surface area contributed by atoms with Crippen LogP contribution in [-0.4, -0.2) is 23.1 Å². The highest BCUT2D eigenvalue weighted by molar-refractivity contribution is 7.11. The van der Waals surface area contributed by atoms with Crippen molar-refractivity contribution in [1.82, 2.24) is 9.97 Å². The summed E-state index contributed by atoms with van der Waals surface area (Å²) in [6, 6.07) is 0. The van der Waals surface area contributed by atoms with Gasteiger partial charge in [-0.3, -0.25) is 0 Å². The van der Waals surface area contributed by atoms with Crippen LogP contribution in [0.1, 0.15) is 36.9 Å². The Morgan fingerprint density at radius 2 is 2.11 bits per heavy atom. The van der Waals surface area contributed by atoms with Crippen LogP contribution in [0.2, 0.25) is 0 Å². The van der Waals surface area contributed by atoms with Crippen LogP contribution < -0.4 is 4.90 Å². The van der Waals surface area contributed by atoms with E-state index in [4.69, 9.17) is 4.98 Å². The van der Waals surface area contributed by atoms with Crippen molar-refractivity contribution in [3.63, 3.8) is 0 Å². The summed E-state index contributed by atoms with van der Waals surface area (Å²) in [5, 5.41) is 3.43. The Morgan fingerprint density at radius 3 is 2.79 bits per heavy atom. The molecule has 0 atom stereocenters. The zero-order chi connectivity index (χ0) is 13.4. The fraction of sp³-hybridized carbons (Fsp3) is 0.600. The molecule has 0 aromatic carbocycles. The Kier molecular flexibility index (Phi) is 3.44. The van der Waals surface area contributed by atoms with E-state index in [1.165, 1.54) is 29.5 Å². The maximum absolute atomic E-state index is 4.76. The zero-order valence-corrected chi connectivity index (χ0v) is 12.8. The molecule has 102 valence electrons. The first kappa shape index (κ1) is 12.9. The number of anilines is 1. The minimum Gasteiger partial charge on any atom is -0.356 e. The minimum absolute atomic E-state index is 0.885. The highest BCUT2D eigenvalue weighted by Gasteiger charge is 2.26. The molecule has 0 aliphatic heterocycles. The predicted molar refractivity (Wildman–Crippen MR) is 82.1 cm³/mol. The van der Waals surface area contributed by atoms with E-state index in [1.54, 1.807) is 11.3 Å². The molecule has 2 aromatic heterocycles. The topological polar surface area (TPSA) is 29.0 Å². The van der Waals surface area contributed by atoms with Gasteiger partial charge in [-0.25, -0.2) is 9.97 Å². The lowest BCUT2D eigenvalue weighted by Crippen LogP contribution is -2.28. The molecule has 3 rings (SSSR count). The Morgan fingerprint density at radius 1 is 1.32 bits per heavy atom. The van der Waals surface area contributed by atoms with Gasteiger partial charge in [0.05, 0.1) is 10.9 Å². The Balaban J connectivity index is 2.06. The third-order valence-electron chi connectivity index (χ3n) is 3.70. The fourth-order valence-electron chi connectivity index (χ4n) is 2.60. The number of hydrogen-bond donors (Lipinski definition) is 0. The first-order valence-corrected chi connectivity index (χ1v) is 8.04. The van der Waals surface area contributed by atoms with E-state index >= 15 is 0 Å². The number of rotatable bonds is 5. The molecule has 3 nitrogen and oxygen atoms in total. The van der Waals surface area contributed by atoms with E-state index in [0.29, 0.717) is 0 Å². The number of fused-ring (bicyclic) bond motifs is 1. The number of hydrogen-bond acceptors (Lipinski definition) is 4. The first-order valence-electron chi connectivity index (χ1n) is 7.16. The Labute approximate surface area is 118 Å². The maximum Gasteiger partial charge on any atom is 0.141 e. The molecule has 1 aliphatic rings. The zero-order valence-electron chi connectivity index (χ0n) is 11.9. The molecule has 2 aromatic rings. The largest absolute Gasteiger partial charge is 0.356 e. The molecule has 0 spiro atoms. The predicted octanol–water partition coefficient (Wildman–Crippen LogP) is 3.93. The van der Waals surface area contributed by atoms with Gasteiger partial charge >= 0.3 is 0 Å². The molecular formula is C15H21N3S. The number of thiophene rings is 1. The van der Waals surface area contributed by atoms with Crippen molar-refractivity contribution in [3.8, 4) is 0 Å². The summed E-state index contributed by atoms with van der Waals surface area (Å²) in [5.41, 5.74) is 1.11. The van der Waals surface area contributed by atoms with Crippen LogP contribution in [0.3, 0.4) is 0 Å². The summed E-state index contributed by atoms with van der Waals surface area (Å²) < 4.78 is 0. The van der Waals surface area contributed by atoms with Crippen LogP contribution in [-0.2, 0) is 0 Å².